The zero-order valence-electron chi connectivity index (χ0n) is 13.6. The number of methoxy groups -OCH3 is 2. The van der Waals surface area contributed by atoms with Gasteiger partial charge in [0, 0.05) is 11.3 Å². The van der Waals surface area contributed by atoms with E-state index in [1.165, 1.54) is 5.56 Å². The third-order valence-electron chi connectivity index (χ3n) is 3.54. The zero-order valence-corrected chi connectivity index (χ0v) is 15.2. The largest absolute Gasteiger partial charge is 0.495 e. The molecule has 2 rings (SSSR count). The molecule has 122 valence electrons. The van der Waals surface area contributed by atoms with Gasteiger partial charge in [0.2, 0.25) is 0 Å². The summed E-state index contributed by atoms with van der Waals surface area (Å²) in [6, 6.07) is 11.2. The molecule has 1 N–H and O–H groups in total. The first-order valence-electron chi connectivity index (χ1n) is 7.29. The monoisotopic (exact) mass is 377 g/mol. The van der Waals surface area contributed by atoms with Crippen LogP contribution in [0, 0.1) is 0 Å². The Morgan fingerprint density at radius 3 is 2.00 bits per heavy atom. The average Bonchev–Trinajstić information content (AvgIpc) is 2.55. The number of amides is 1. The molecule has 2 aromatic carbocycles. The summed E-state index contributed by atoms with van der Waals surface area (Å²) in [5.74, 6) is 1.33. The molecule has 0 saturated heterocycles. The van der Waals surface area contributed by atoms with E-state index >= 15 is 0 Å². The number of hydrogen-bond donors (Lipinski definition) is 1. The molecule has 0 saturated carbocycles. The number of rotatable bonds is 5. The van der Waals surface area contributed by atoms with Crippen LogP contribution in [0.3, 0.4) is 0 Å². The maximum atomic E-state index is 12.4. The molecule has 0 fully saturated rings. The minimum Gasteiger partial charge on any atom is -0.495 e. The van der Waals surface area contributed by atoms with Crippen molar-refractivity contribution in [2.75, 3.05) is 19.5 Å². The van der Waals surface area contributed by atoms with Gasteiger partial charge in [-0.25, -0.2) is 0 Å². The maximum absolute atomic E-state index is 12.4. The molecule has 2 aromatic rings. The van der Waals surface area contributed by atoms with Crippen LogP contribution in [0.25, 0.3) is 0 Å². The van der Waals surface area contributed by atoms with Gasteiger partial charge in [-0.2, -0.15) is 0 Å². The molecule has 0 aromatic heterocycles. The Morgan fingerprint density at radius 2 is 1.57 bits per heavy atom. The molecule has 0 radical (unpaired) electrons. The molecule has 1 amide bonds. The second-order valence-corrected chi connectivity index (χ2v) is 6.22. The normalized spacial score (nSPS) is 10.5. The molecule has 4 nitrogen and oxygen atoms in total. The van der Waals surface area contributed by atoms with Gasteiger partial charge in [-0.15, -0.1) is 0 Å². The lowest BCUT2D eigenvalue weighted by Crippen LogP contribution is -2.12. The summed E-state index contributed by atoms with van der Waals surface area (Å²) in [7, 11) is 3.09. The maximum Gasteiger partial charge on any atom is 0.255 e. The highest BCUT2D eigenvalue weighted by atomic mass is 79.9. The minimum absolute atomic E-state index is 0.216. The number of halogens is 1. The van der Waals surface area contributed by atoms with E-state index in [0.29, 0.717) is 27.5 Å². The van der Waals surface area contributed by atoms with Crippen LogP contribution in [-0.2, 0) is 0 Å². The molecule has 0 bridgehead atoms. The lowest BCUT2D eigenvalue weighted by Gasteiger charge is -2.12. The van der Waals surface area contributed by atoms with Crippen LogP contribution >= 0.6 is 15.9 Å². The summed E-state index contributed by atoms with van der Waals surface area (Å²) in [4.78, 5) is 12.4. The second kappa shape index (κ2) is 7.51. The van der Waals surface area contributed by atoms with Crippen molar-refractivity contribution in [3.63, 3.8) is 0 Å². The summed E-state index contributed by atoms with van der Waals surface area (Å²) < 4.78 is 11.2. The van der Waals surface area contributed by atoms with Gasteiger partial charge < -0.3 is 14.8 Å². The summed E-state index contributed by atoms with van der Waals surface area (Å²) >= 11 is 3.39. The zero-order chi connectivity index (χ0) is 17.0. The van der Waals surface area contributed by atoms with Gasteiger partial charge in [0.05, 0.1) is 14.2 Å². The Hall–Kier alpha value is -2.01. The molecule has 0 atom stereocenters. The third kappa shape index (κ3) is 4.05. The molecule has 0 aliphatic carbocycles. The van der Waals surface area contributed by atoms with Gasteiger partial charge in [-0.3, -0.25) is 4.79 Å². The first-order valence-corrected chi connectivity index (χ1v) is 8.08. The van der Waals surface area contributed by atoms with E-state index in [1.54, 1.807) is 26.4 Å². The molecule has 0 unspecified atom stereocenters. The second-order valence-electron chi connectivity index (χ2n) is 5.43. The molecular weight excluding hydrogens is 358 g/mol. The van der Waals surface area contributed by atoms with Crippen LogP contribution in [-0.4, -0.2) is 20.1 Å². The number of ether oxygens (including phenoxy) is 2. The molecule has 0 heterocycles. The summed E-state index contributed by atoms with van der Waals surface area (Å²) in [5.41, 5.74) is 2.45. The highest BCUT2D eigenvalue weighted by molar-refractivity contribution is 9.10. The van der Waals surface area contributed by atoms with Gasteiger partial charge in [0.25, 0.3) is 5.91 Å². The van der Waals surface area contributed by atoms with E-state index < -0.39 is 0 Å². The quantitative estimate of drug-likeness (QED) is 0.810. The van der Waals surface area contributed by atoms with Crippen molar-refractivity contribution < 1.29 is 14.3 Å². The van der Waals surface area contributed by atoms with Crippen molar-refractivity contribution >= 4 is 27.5 Å². The lowest BCUT2D eigenvalue weighted by atomic mass is 10.0. The van der Waals surface area contributed by atoms with Crippen LogP contribution in [0.5, 0.6) is 11.5 Å². The molecule has 0 spiro atoms. The molecule has 5 heteroatoms. The Bertz CT molecular complexity index is 671. The van der Waals surface area contributed by atoms with E-state index in [0.717, 1.165) is 5.69 Å². The highest BCUT2D eigenvalue weighted by Gasteiger charge is 2.15. The average molecular weight is 378 g/mol. The number of carbonyl (C=O) groups excluding carboxylic acids is 1. The van der Waals surface area contributed by atoms with E-state index in [4.69, 9.17) is 9.47 Å². The number of nitrogens with one attached hydrogen (secondary N) is 1. The molecule has 23 heavy (non-hydrogen) atoms. The standard InChI is InChI=1S/C18H20BrNO3/c1-11(2)12-5-7-14(8-6-12)20-18(21)13-9-15(22-3)17(19)16(10-13)23-4/h5-11H,1-4H3,(H,20,21). The van der Waals surface area contributed by atoms with Gasteiger partial charge in [-0.05, 0) is 51.7 Å². The van der Waals surface area contributed by atoms with Crippen molar-refractivity contribution in [3.8, 4) is 11.5 Å². The van der Waals surface area contributed by atoms with E-state index in [-0.39, 0.29) is 5.91 Å². The van der Waals surface area contributed by atoms with Crippen molar-refractivity contribution in [1.82, 2.24) is 0 Å². The number of anilines is 1. The van der Waals surface area contributed by atoms with E-state index in [1.807, 2.05) is 24.3 Å². The van der Waals surface area contributed by atoms with Gasteiger partial charge in [0.15, 0.2) is 0 Å². The van der Waals surface area contributed by atoms with Crippen molar-refractivity contribution in [3.05, 3.63) is 52.0 Å². The number of benzene rings is 2. The predicted molar refractivity (Wildman–Crippen MR) is 95.7 cm³/mol. The molecule has 0 aliphatic heterocycles. The molecule has 0 aliphatic rings. The Kier molecular flexibility index (Phi) is 5.66. The fourth-order valence-electron chi connectivity index (χ4n) is 2.16. The van der Waals surface area contributed by atoms with Crippen molar-refractivity contribution in [2.24, 2.45) is 0 Å². The van der Waals surface area contributed by atoms with Gasteiger partial charge >= 0.3 is 0 Å². The van der Waals surface area contributed by atoms with Crippen molar-refractivity contribution in [2.45, 2.75) is 19.8 Å². The fraction of sp³-hybridized carbons (Fsp3) is 0.278. The predicted octanol–water partition coefficient (Wildman–Crippen LogP) is 4.84. The smallest absolute Gasteiger partial charge is 0.255 e. The molecular formula is C18H20BrNO3. The van der Waals surface area contributed by atoms with Crippen LogP contribution in [0.1, 0.15) is 35.7 Å². The third-order valence-corrected chi connectivity index (χ3v) is 4.32. The number of carbonyl (C=O) groups is 1. The Morgan fingerprint density at radius 1 is 1.04 bits per heavy atom. The van der Waals surface area contributed by atoms with Gasteiger partial charge in [-0.1, -0.05) is 26.0 Å². The van der Waals surface area contributed by atoms with Crippen LogP contribution in [0.15, 0.2) is 40.9 Å². The first-order chi connectivity index (χ1) is 11.0. The first kappa shape index (κ1) is 17.3. The van der Waals surface area contributed by atoms with Crippen molar-refractivity contribution in [1.29, 1.82) is 0 Å². The summed E-state index contributed by atoms with van der Waals surface area (Å²) in [6.07, 6.45) is 0. The fourth-order valence-corrected chi connectivity index (χ4v) is 2.71. The van der Waals surface area contributed by atoms with Crippen LogP contribution in [0.4, 0.5) is 5.69 Å². The summed E-state index contributed by atoms with van der Waals surface area (Å²) in [5, 5.41) is 2.88. The summed E-state index contributed by atoms with van der Waals surface area (Å²) in [6.45, 7) is 4.27. The van der Waals surface area contributed by atoms with E-state index in [9.17, 15) is 4.79 Å². The van der Waals surface area contributed by atoms with Crippen LogP contribution < -0.4 is 14.8 Å². The minimum atomic E-state index is -0.216. The Balaban J connectivity index is 2.23. The lowest BCUT2D eigenvalue weighted by molar-refractivity contribution is 0.102. The van der Waals surface area contributed by atoms with Crippen LogP contribution in [0.2, 0.25) is 0 Å². The Labute approximate surface area is 144 Å². The van der Waals surface area contributed by atoms with E-state index in [2.05, 4.69) is 35.1 Å². The van der Waals surface area contributed by atoms with Gasteiger partial charge in [0.1, 0.15) is 16.0 Å². The topological polar surface area (TPSA) is 47.6 Å². The SMILES string of the molecule is COc1cc(C(=O)Nc2ccc(C(C)C)cc2)cc(OC)c1Br. The highest BCUT2D eigenvalue weighted by Crippen LogP contribution is 2.35. The number of hydrogen-bond acceptors (Lipinski definition) is 3.